The van der Waals surface area contributed by atoms with E-state index in [0.29, 0.717) is 5.69 Å². The van der Waals surface area contributed by atoms with Gasteiger partial charge in [-0.1, -0.05) is 13.8 Å². The van der Waals surface area contributed by atoms with Gasteiger partial charge >= 0.3 is 0 Å². The van der Waals surface area contributed by atoms with Crippen molar-refractivity contribution in [2.24, 2.45) is 5.92 Å². The first kappa shape index (κ1) is 12.4. The molecule has 0 aromatic heterocycles. The van der Waals surface area contributed by atoms with E-state index < -0.39 is 0 Å². The van der Waals surface area contributed by atoms with Crippen molar-refractivity contribution in [3.8, 4) is 0 Å². The monoisotopic (exact) mass is 227 g/mol. The Morgan fingerprint density at radius 1 is 1.40 bits per heavy atom. The van der Waals surface area contributed by atoms with E-state index in [9.17, 15) is 4.39 Å². The van der Waals surface area contributed by atoms with Gasteiger partial charge in [-0.2, -0.15) is 11.8 Å². The van der Waals surface area contributed by atoms with Gasteiger partial charge in [0.15, 0.2) is 0 Å². The molecule has 0 saturated carbocycles. The van der Waals surface area contributed by atoms with Crippen LogP contribution in [0.25, 0.3) is 0 Å². The third-order valence-electron chi connectivity index (χ3n) is 2.20. The Labute approximate surface area is 95.2 Å². The van der Waals surface area contributed by atoms with Crippen molar-refractivity contribution < 1.29 is 4.39 Å². The fourth-order valence-corrected chi connectivity index (χ4v) is 2.45. The van der Waals surface area contributed by atoms with Crippen molar-refractivity contribution in [3.05, 3.63) is 29.6 Å². The van der Waals surface area contributed by atoms with Crippen molar-refractivity contribution in [2.75, 3.05) is 11.5 Å². The molecule has 0 radical (unpaired) electrons. The second-order valence-corrected chi connectivity index (χ2v) is 5.18. The van der Waals surface area contributed by atoms with Gasteiger partial charge in [0.25, 0.3) is 0 Å². The molecule has 0 aliphatic heterocycles. The first-order valence-corrected chi connectivity index (χ1v) is 6.36. The summed E-state index contributed by atoms with van der Waals surface area (Å²) < 4.78 is 12.9. The van der Waals surface area contributed by atoms with Gasteiger partial charge in [-0.25, -0.2) is 4.39 Å². The number of benzene rings is 1. The topological polar surface area (TPSA) is 26.0 Å². The van der Waals surface area contributed by atoms with Crippen LogP contribution in [0.15, 0.2) is 18.2 Å². The lowest BCUT2D eigenvalue weighted by molar-refractivity contribution is 0.626. The zero-order chi connectivity index (χ0) is 11.3. The summed E-state index contributed by atoms with van der Waals surface area (Å²) in [4.78, 5) is 0. The summed E-state index contributed by atoms with van der Waals surface area (Å²) in [5.41, 5.74) is 7.35. The first-order valence-electron chi connectivity index (χ1n) is 5.21. The lowest BCUT2D eigenvalue weighted by Crippen LogP contribution is -1.95. The van der Waals surface area contributed by atoms with Crippen LogP contribution in [0, 0.1) is 11.7 Å². The van der Waals surface area contributed by atoms with E-state index in [-0.39, 0.29) is 5.82 Å². The van der Waals surface area contributed by atoms with Gasteiger partial charge in [-0.15, -0.1) is 0 Å². The zero-order valence-electron chi connectivity index (χ0n) is 9.29. The van der Waals surface area contributed by atoms with E-state index in [0.717, 1.165) is 23.0 Å². The van der Waals surface area contributed by atoms with E-state index in [2.05, 4.69) is 13.8 Å². The van der Waals surface area contributed by atoms with E-state index in [1.54, 1.807) is 6.07 Å². The Morgan fingerprint density at radius 3 is 2.80 bits per heavy atom. The maximum absolute atomic E-state index is 12.9. The molecule has 0 fully saturated rings. The van der Waals surface area contributed by atoms with E-state index in [4.69, 9.17) is 5.73 Å². The number of hydrogen-bond acceptors (Lipinski definition) is 2. The summed E-state index contributed by atoms with van der Waals surface area (Å²) in [6.45, 7) is 4.41. The molecule has 0 aliphatic rings. The highest BCUT2D eigenvalue weighted by Crippen LogP contribution is 2.21. The number of rotatable bonds is 5. The molecule has 0 heterocycles. The van der Waals surface area contributed by atoms with Crippen LogP contribution < -0.4 is 5.73 Å². The van der Waals surface area contributed by atoms with Crippen LogP contribution in [0.2, 0.25) is 0 Å². The number of anilines is 1. The zero-order valence-corrected chi connectivity index (χ0v) is 10.1. The molecule has 0 atom stereocenters. The number of nitrogens with two attached hydrogens (primary N) is 1. The SMILES string of the molecule is CC(C)CCSCc1cc(F)ccc1N. The highest BCUT2D eigenvalue weighted by Gasteiger charge is 2.01. The standard InChI is InChI=1S/C12H18FNS/c1-9(2)5-6-15-8-10-7-11(13)3-4-12(10)14/h3-4,7,9H,5-6,8,14H2,1-2H3. The van der Waals surface area contributed by atoms with Crippen molar-refractivity contribution in [1.82, 2.24) is 0 Å². The fourth-order valence-electron chi connectivity index (χ4n) is 1.20. The van der Waals surface area contributed by atoms with Gasteiger partial charge < -0.3 is 5.73 Å². The Bertz CT molecular complexity index is 312. The molecule has 1 nitrogen and oxygen atoms in total. The van der Waals surface area contributed by atoms with Crippen LogP contribution in [0.3, 0.4) is 0 Å². The summed E-state index contributed by atoms with van der Waals surface area (Å²) in [6.07, 6.45) is 1.19. The van der Waals surface area contributed by atoms with Gasteiger partial charge in [-0.3, -0.25) is 0 Å². The van der Waals surface area contributed by atoms with Crippen LogP contribution >= 0.6 is 11.8 Å². The average molecular weight is 227 g/mol. The molecule has 0 amide bonds. The minimum Gasteiger partial charge on any atom is -0.398 e. The van der Waals surface area contributed by atoms with E-state index >= 15 is 0 Å². The largest absolute Gasteiger partial charge is 0.398 e. The molecule has 0 saturated heterocycles. The van der Waals surface area contributed by atoms with Gasteiger partial charge in [0.05, 0.1) is 0 Å². The molecule has 0 aliphatic carbocycles. The highest BCUT2D eigenvalue weighted by molar-refractivity contribution is 7.98. The molecule has 0 spiro atoms. The Kier molecular flexibility index (Phi) is 4.95. The lowest BCUT2D eigenvalue weighted by Gasteiger charge is -2.07. The maximum Gasteiger partial charge on any atom is 0.123 e. The maximum atomic E-state index is 12.9. The molecular weight excluding hydrogens is 209 g/mol. The molecule has 0 bridgehead atoms. The average Bonchev–Trinajstić information content (AvgIpc) is 2.17. The minimum atomic E-state index is -0.205. The summed E-state index contributed by atoms with van der Waals surface area (Å²) in [5, 5.41) is 0. The number of nitrogen functional groups attached to an aromatic ring is 1. The van der Waals surface area contributed by atoms with E-state index in [1.165, 1.54) is 18.6 Å². The smallest absolute Gasteiger partial charge is 0.123 e. The Balaban J connectivity index is 2.40. The second kappa shape index (κ2) is 6.01. The minimum absolute atomic E-state index is 0.205. The summed E-state index contributed by atoms with van der Waals surface area (Å²) in [7, 11) is 0. The van der Waals surface area contributed by atoms with Gasteiger partial charge in [-0.05, 0) is 41.9 Å². The van der Waals surface area contributed by atoms with Crippen molar-refractivity contribution in [1.29, 1.82) is 0 Å². The predicted molar refractivity (Wildman–Crippen MR) is 66.4 cm³/mol. The molecule has 1 rings (SSSR count). The molecule has 3 heteroatoms. The van der Waals surface area contributed by atoms with Crippen molar-refractivity contribution in [2.45, 2.75) is 26.0 Å². The third-order valence-corrected chi connectivity index (χ3v) is 3.24. The Morgan fingerprint density at radius 2 is 2.13 bits per heavy atom. The van der Waals surface area contributed by atoms with Gasteiger partial charge in [0, 0.05) is 11.4 Å². The number of thioether (sulfide) groups is 1. The summed E-state index contributed by atoms with van der Waals surface area (Å²) in [5.74, 6) is 2.43. The van der Waals surface area contributed by atoms with Crippen molar-refractivity contribution in [3.63, 3.8) is 0 Å². The number of hydrogen-bond donors (Lipinski definition) is 1. The normalized spacial score (nSPS) is 10.9. The van der Waals surface area contributed by atoms with Crippen molar-refractivity contribution >= 4 is 17.4 Å². The molecule has 84 valence electrons. The first-order chi connectivity index (χ1) is 7.09. The molecular formula is C12H18FNS. The summed E-state index contributed by atoms with van der Waals surface area (Å²) >= 11 is 1.81. The highest BCUT2D eigenvalue weighted by atomic mass is 32.2. The summed E-state index contributed by atoms with van der Waals surface area (Å²) in [6, 6.07) is 4.56. The van der Waals surface area contributed by atoms with Gasteiger partial charge in [0.2, 0.25) is 0 Å². The van der Waals surface area contributed by atoms with Crippen LogP contribution in [0.1, 0.15) is 25.8 Å². The van der Waals surface area contributed by atoms with Gasteiger partial charge in [0.1, 0.15) is 5.82 Å². The molecule has 2 N–H and O–H groups in total. The van der Waals surface area contributed by atoms with Crippen LogP contribution in [0.5, 0.6) is 0 Å². The second-order valence-electron chi connectivity index (χ2n) is 4.08. The molecule has 0 unspecified atom stereocenters. The quantitative estimate of drug-likeness (QED) is 0.613. The third kappa shape index (κ3) is 4.56. The van der Waals surface area contributed by atoms with E-state index in [1.807, 2.05) is 11.8 Å². The predicted octanol–water partition coefficient (Wildman–Crippen LogP) is 3.69. The molecule has 1 aromatic carbocycles. The van der Waals surface area contributed by atoms with Crippen LogP contribution in [0.4, 0.5) is 10.1 Å². The van der Waals surface area contributed by atoms with Crippen LogP contribution in [-0.4, -0.2) is 5.75 Å². The fraction of sp³-hybridized carbons (Fsp3) is 0.500. The molecule has 1 aromatic rings. The molecule has 15 heavy (non-hydrogen) atoms. The van der Waals surface area contributed by atoms with Crippen LogP contribution in [-0.2, 0) is 5.75 Å². The Hall–Kier alpha value is -0.700. The number of halogens is 1. The lowest BCUT2D eigenvalue weighted by atomic mass is 10.2.